The summed E-state index contributed by atoms with van der Waals surface area (Å²) in [6.07, 6.45) is 1.70. The Morgan fingerprint density at radius 2 is 1.97 bits per heavy atom. The summed E-state index contributed by atoms with van der Waals surface area (Å²) in [5.74, 6) is 1.15. The molecule has 1 aromatic heterocycles. The predicted octanol–water partition coefficient (Wildman–Crippen LogP) is 4.97. The van der Waals surface area contributed by atoms with Crippen LogP contribution in [0.25, 0.3) is 0 Å². The lowest BCUT2D eigenvalue weighted by atomic mass is 10.3. The molecule has 3 aromatic rings. The van der Waals surface area contributed by atoms with E-state index in [4.69, 9.17) is 21.1 Å². The van der Waals surface area contributed by atoms with Gasteiger partial charge in [0.15, 0.2) is 11.0 Å². The van der Waals surface area contributed by atoms with E-state index in [1.165, 1.54) is 30.0 Å². The van der Waals surface area contributed by atoms with Crippen molar-refractivity contribution >= 4 is 35.0 Å². The molecule has 1 amide bonds. The third-order valence-corrected chi connectivity index (χ3v) is 5.40. The highest BCUT2D eigenvalue weighted by molar-refractivity contribution is 7.99. The zero-order valence-electron chi connectivity index (χ0n) is 17.4. The highest BCUT2D eigenvalue weighted by Crippen LogP contribution is 2.23. The van der Waals surface area contributed by atoms with E-state index in [0.717, 1.165) is 5.75 Å². The van der Waals surface area contributed by atoms with E-state index in [2.05, 4.69) is 22.1 Å². The summed E-state index contributed by atoms with van der Waals surface area (Å²) in [6, 6.07) is 11.3. The summed E-state index contributed by atoms with van der Waals surface area (Å²) < 4.78 is 26.1. The van der Waals surface area contributed by atoms with Crippen LogP contribution in [0.2, 0.25) is 5.02 Å². The fourth-order valence-corrected chi connectivity index (χ4v) is 3.63. The Balaban J connectivity index is 1.58. The van der Waals surface area contributed by atoms with Crippen molar-refractivity contribution in [2.75, 3.05) is 17.7 Å². The number of anilines is 1. The van der Waals surface area contributed by atoms with Gasteiger partial charge in [0, 0.05) is 18.3 Å². The number of benzene rings is 2. The highest BCUT2D eigenvalue weighted by Gasteiger charge is 2.14. The molecule has 7 nitrogen and oxygen atoms in total. The molecular formula is C22H22ClFN4O3S. The van der Waals surface area contributed by atoms with Crippen LogP contribution in [0.15, 0.2) is 60.3 Å². The normalized spacial score (nSPS) is 10.6. The number of amides is 1. The first-order valence-corrected chi connectivity index (χ1v) is 11.1. The molecule has 1 N–H and O–H groups in total. The van der Waals surface area contributed by atoms with Gasteiger partial charge in [-0.3, -0.25) is 9.36 Å². The number of thioether (sulfide) groups is 1. The molecule has 0 unspecified atom stereocenters. The maximum Gasteiger partial charge on any atom is 0.234 e. The number of rotatable bonds is 11. The lowest BCUT2D eigenvalue weighted by Crippen LogP contribution is -2.15. The van der Waals surface area contributed by atoms with Gasteiger partial charge < -0.3 is 14.8 Å². The summed E-state index contributed by atoms with van der Waals surface area (Å²) in [4.78, 5) is 12.3. The smallest absolute Gasteiger partial charge is 0.234 e. The van der Waals surface area contributed by atoms with Gasteiger partial charge in [-0.2, -0.15) is 0 Å². The van der Waals surface area contributed by atoms with Crippen LogP contribution in [0.3, 0.4) is 0 Å². The van der Waals surface area contributed by atoms with Crippen LogP contribution in [0, 0.1) is 5.82 Å². The molecule has 0 radical (unpaired) electrons. The summed E-state index contributed by atoms with van der Waals surface area (Å²) in [5.41, 5.74) is 0.679. The van der Waals surface area contributed by atoms with Gasteiger partial charge in [0.05, 0.1) is 17.4 Å². The number of nitrogens with one attached hydrogen (secondary N) is 1. The maximum absolute atomic E-state index is 13.3. The number of hydrogen-bond acceptors (Lipinski definition) is 6. The molecule has 0 aliphatic heterocycles. The van der Waals surface area contributed by atoms with Gasteiger partial charge >= 0.3 is 0 Å². The second kappa shape index (κ2) is 11.5. The second-order valence-corrected chi connectivity index (χ2v) is 7.81. The lowest BCUT2D eigenvalue weighted by Gasteiger charge is -2.10. The van der Waals surface area contributed by atoms with Crippen LogP contribution >= 0.6 is 23.4 Å². The van der Waals surface area contributed by atoms with E-state index in [1.807, 2.05) is 6.92 Å². The average molecular weight is 477 g/mol. The first-order valence-electron chi connectivity index (χ1n) is 9.76. The van der Waals surface area contributed by atoms with Crippen molar-refractivity contribution in [2.45, 2.75) is 25.2 Å². The molecule has 0 atom stereocenters. The Morgan fingerprint density at radius 3 is 2.66 bits per heavy atom. The van der Waals surface area contributed by atoms with Crippen LogP contribution < -0.4 is 14.8 Å². The Morgan fingerprint density at radius 1 is 1.22 bits per heavy atom. The first kappa shape index (κ1) is 23.6. The van der Waals surface area contributed by atoms with E-state index in [1.54, 1.807) is 34.9 Å². The van der Waals surface area contributed by atoms with Gasteiger partial charge in [-0.15, -0.1) is 16.8 Å². The van der Waals surface area contributed by atoms with Crippen molar-refractivity contribution in [3.63, 3.8) is 0 Å². The Bertz CT molecular complexity index is 1080. The first-order chi connectivity index (χ1) is 15.5. The quantitative estimate of drug-likeness (QED) is 0.311. The summed E-state index contributed by atoms with van der Waals surface area (Å²) in [6.45, 7) is 6.79. The van der Waals surface area contributed by atoms with Gasteiger partial charge in [0.1, 0.15) is 23.9 Å². The molecule has 168 valence electrons. The molecule has 0 fully saturated rings. The van der Waals surface area contributed by atoms with Crippen molar-refractivity contribution < 1.29 is 18.7 Å². The fourth-order valence-electron chi connectivity index (χ4n) is 2.69. The number of carbonyl (C=O) groups is 1. The van der Waals surface area contributed by atoms with Crippen LogP contribution in [-0.4, -0.2) is 33.0 Å². The Hall–Kier alpha value is -3.04. The Labute approximate surface area is 194 Å². The zero-order valence-corrected chi connectivity index (χ0v) is 19.0. The molecule has 2 aromatic carbocycles. The third kappa shape index (κ3) is 6.48. The van der Waals surface area contributed by atoms with Crippen molar-refractivity contribution in [3.8, 4) is 11.5 Å². The maximum atomic E-state index is 13.3. The summed E-state index contributed by atoms with van der Waals surface area (Å²) in [7, 11) is 0. The molecule has 0 saturated heterocycles. The molecule has 3 rings (SSSR count). The lowest BCUT2D eigenvalue weighted by molar-refractivity contribution is -0.113. The summed E-state index contributed by atoms with van der Waals surface area (Å²) in [5, 5.41) is 11.7. The molecule has 10 heteroatoms. The monoisotopic (exact) mass is 476 g/mol. The van der Waals surface area contributed by atoms with E-state index in [9.17, 15) is 9.18 Å². The minimum atomic E-state index is -0.518. The van der Waals surface area contributed by atoms with Crippen molar-refractivity contribution in [1.82, 2.24) is 14.8 Å². The number of aromatic nitrogens is 3. The van der Waals surface area contributed by atoms with E-state index >= 15 is 0 Å². The largest absolute Gasteiger partial charge is 0.494 e. The number of halogens is 2. The van der Waals surface area contributed by atoms with Crippen LogP contribution in [-0.2, 0) is 17.9 Å². The van der Waals surface area contributed by atoms with Crippen LogP contribution in [0.4, 0.5) is 10.1 Å². The Kier molecular flexibility index (Phi) is 8.52. The van der Waals surface area contributed by atoms with Crippen molar-refractivity contribution in [1.29, 1.82) is 0 Å². The van der Waals surface area contributed by atoms with Gasteiger partial charge in [0.2, 0.25) is 5.91 Å². The van der Waals surface area contributed by atoms with Crippen molar-refractivity contribution in [2.24, 2.45) is 0 Å². The molecule has 0 saturated carbocycles. The standard InChI is InChI=1S/C22H22ClFN4O3S/c1-3-11-28-20(13-31-17-9-10-19(24)18(23)12-17)26-27-22(28)32-14-21(29)25-15-5-7-16(8-6-15)30-4-2/h3,5-10,12H,1,4,11,13-14H2,2H3,(H,25,29). The van der Waals surface area contributed by atoms with Gasteiger partial charge in [0.25, 0.3) is 0 Å². The minimum absolute atomic E-state index is 0.0233. The number of nitrogens with zero attached hydrogens (tertiary/aromatic N) is 3. The number of carbonyl (C=O) groups excluding carboxylic acids is 1. The van der Waals surface area contributed by atoms with E-state index in [-0.39, 0.29) is 23.3 Å². The van der Waals surface area contributed by atoms with Gasteiger partial charge in [-0.1, -0.05) is 29.4 Å². The molecule has 1 heterocycles. The minimum Gasteiger partial charge on any atom is -0.494 e. The number of allylic oxidation sites excluding steroid dienone is 1. The molecule has 0 aliphatic rings. The topological polar surface area (TPSA) is 78.3 Å². The zero-order chi connectivity index (χ0) is 22.9. The highest BCUT2D eigenvalue weighted by atomic mass is 35.5. The number of ether oxygens (including phenoxy) is 2. The molecule has 32 heavy (non-hydrogen) atoms. The van der Waals surface area contributed by atoms with Crippen LogP contribution in [0.5, 0.6) is 11.5 Å². The van der Waals surface area contributed by atoms with Gasteiger partial charge in [-0.05, 0) is 43.3 Å². The molecular weight excluding hydrogens is 455 g/mol. The van der Waals surface area contributed by atoms with Gasteiger partial charge in [-0.25, -0.2) is 4.39 Å². The fraction of sp³-hybridized carbons (Fsp3) is 0.227. The predicted molar refractivity (Wildman–Crippen MR) is 123 cm³/mol. The van der Waals surface area contributed by atoms with Crippen LogP contribution in [0.1, 0.15) is 12.7 Å². The number of hydrogen-bond donors (Lipinski definition) is 1. The molecule has 0 spiro atoms. The second-order valence-electron chi connectivity index (χ2n) is 6.46. The van der Waals surface area contributed by atoms with E-state index in [0.29, 0.717) is 35.6 Å². The van der Waals surface area contributed by atoms with Crippen molar-refractivity contribution in [3.05, 3.63) is 71.8 Å². The molecule has 0 bridgehead atoms. The summed E-state index contributed by atoms with van der Waals surface area (Å²) >= 11 is 7.03. The third-order valence-electron chi connectivity index (χ3n) is 4.15. The average Bonchev–Trinajstić information content (AvgIpc) is 3.16. The molecule has 0 aliphatic carbocycles. The van der Waals surface area contributed by atoms with E-state index < -0.39 is 5.82 Å². The SMILES string of the molecule is C=CCn1c(COc2ccc(F)c(Cl)c2)nnc1SCC(=O)Nc1ccc(OCC)cc1.